The predicted octanol–water partition coefficient (Wildman–Crippen LogP) is 0.433. The third-order valence-electron chi connectivity index (χ3n) is 1.67. The molecule has 2 unspecified atom stereocenters. The van der Waals surface area contributed by atoms with Gasteiger partial charge in [0, 0.05) is 19.5 Å². The zero-order chi connectivity index (χ0) is 7.02. The van der Waals surface area contributed by atoms with Gasteiger partial charge in [-0.1, -0.05) is 6.92 Å². The second-order valence-corrected chi connectivity index (χ2v) is 2.60. The fourth-order valence-electron chi connectivity index (χ4n) is 1.07. The molecule has 2 nitrogen and oxygen atoms in total. The van der Waals surface area contributed by atoms with Crippen molar-refractivity contribution in [2.45, 2.75) is 13.1 Å². The van der Waals surface area contributed by atoms with Crippen LogP contribution < -0.4 is 0 Å². The Morgan fingerprint density at radius 3 is 2.44 bits per heavy atom. The van der Waals surface area contributed by atoms with Gasteiger partial charge in [0.15, 0.2) is 6.17 Å². The van der Waals surface area contributed by atoms with Gasteiger partial charge in [0.2, 0.25) is 0 Å². The molecule has 0 spiro atoms. The monoisotopic (exact) mass is 131 g/mol. The second-order valence-electron chi connectivity index (χ2n) is 2.60. The van der Waals surface area contributed by atoms with Crippen LogP contribution in [0.1, 0.15) is 6.92 Å². The number of carbonyl (C=O) groups is 1. The van der Waals surface area contributed by atoms with E-state index in [9.17, 15) is 9.18 Å². The first-order valence-corrected chi connectivity index (χ1v) is 3.02. The summed E-state index contributed by atoms with van der Waals surface area (Å²) < 4.78 is 12.6. The summed E-state index contributed by atoms with van der Waals surface area (Å²) in [5, 5.41) is 0. The number of alkyl halides is 1. The average molecular weight is 131 g/mol. The molecule has 1 saturated heterocycles. The van der Waals surface area contributed by atoms with Crippen molar-refractivity contribution in [1.29, 1.82) is 0 Å². The highest BCUT2D eigenvalue weighted by atomic mass is 19.1. The van der Waals surface area contributed by atoms with Gasteiger partial charge in [0.05, 0.1) is 0 Å². The number of hydrogen-bond acceptors (Lipinski definition) is 1. The van der Waals surface area contributed by atoms with Gasteiger partial charge in [0.1, 0.15) is 0 Å². The normalized spacial score (nSPS) is 35.9. The predicted molar refractivity (Wildman–Crippen MR) is 31.7 cm³/mol. The lowest BCUT2D eigenvalue weighted by atomic mass is 10.1. The Hall–Kier alpha value is -0.600. The highest BCUT2D eigenvalue weighted by Gasteiger charge is 2.35. The van der Waals surface area contributed by atoms with E-state index >= 15 is 0 Å². The summed E-state index contributed by atoms with van der Waals surface area (Å²) in [5.41, 5.74) is 0. The van der Waals surface area contributed by atoms with Gasteiger partial charge in [-0.15, -0.1) is 0 Å². The van der Waals surface area contributed by atoms with Gasteiger partial charge in [-0.05, 0) is 0 Å². The molecule has 1 aliphatic rings. The van der Waals surface area contributed by atoms with Crippen molar-refractivity contribution in [3.8, 4) is 0 Å². The van der Waals surface area contributed by atoms with Crippen LogP contribution in [0.3, 0.4) is 0 Å². The molecule has 52 valence electrons. The number of hydrogen-bond donors (Lipinski definition) is 0. The van der Waals surface area contributed by atoms with Crippen molar-refractivity contribution >= 4 is 5.91 Å². The average Bonchev–Trinajstić information content (AvgIpc) is 1.98. The molecule has 1 aliphatic heterocycles. The number of likely N-dealkylation sites (tertiary alicyclic amines) is 1. The molecule has 0 N–H and O–H groups in total. The topological polar surface area (TPSA) is 20.3 Å². The summed E-state index contributed by atoms with van der Waals surface area (Å²) in [7, 11) is 1.62. The fraction of sp³-hybridized carbons (Fsp3) is 0.833. The maximum absolute atomic E-state index is 12.6. The maximum Gasteiger partial charge on any atom is 0.257 e. The lowest BCUT2D eigenvalue weighted by Crippen LogP contribution is -2.23. The summed E-state index contributed by atoms with van der Waals surface area (Å²) in [6.45, 7) is 2.30. The van der Waals surface area contributed by atoms with E-state index in [1.165, 1.54) is 4.90 Å². The molecule has 0 radical (unpaired) electrons. The molecule has 1 fully saturated rings. The van der Waals surface area contributed by atoms with Crippen molar-refractivity contribution in [1.82, 2.24) is 4.90 Å². The van der Waals surface area contributed by atoms with E-state index in [0.717, 1.165) is 0 Å². The number of nitrogens with zero attached hydrogens (tertiary/aromatic N) is 1. The van der Waals surface area contributed by atoms with Crippen LogP contribution in [0.25, 0.3) is 0 Å². The minimum absolute atomic E-state index is 0.123. The minimum atomic E-state index is -1.25. The quantitative estimate of drug-likeness (QED) is 0.467. The van der Waals surface area contributed by atoms with E-state index in [2.05, 4.69) is 0 Å². The first kappa shape index (κ1) is 6.52. The molecule has 0 aromatic rings. The SMILES string of the molecule is CC1CN(C)C(=O)C1F. The number of rotatable bonds is 0. The highest BCUT2D eigenvalue weighted by Crippen LogP contribution is 2.18. The number of halogens is 1. The third-order valence-corrected chi connectivity index (χ3v) is 1.67. The lowest BCUT2D eigenvalue weighted by molar-refractivity contribution is -0.130. The molecule has 1 heterocycles. The Morgan fingerprint density at radius 2 is 2.33 bits per heavy atom. The molecule has 0 saturated carbocycles. The molecule has 0 bridgehead atoms. The molecule has 0 aliphatic carbocycles. The summed E-state index contributed by atoms with van der Waals surface area (Å²) in [6.07, 6.45) is -1.25. The van der Waals surface area contributed by atoms with E-state index in [4.69, 9.17) is 0 Å². The van der Waals surface area contributed by atoms with Crippen LogP contribution in [-0.4, -0.2) is 30.6 Å². The Morgan fingerprint density at radius 1 is 1.78 bits per heavy atom. The maximum atomic E-state index is 12.6. The first-order chi connectivity index (χ1) is 4.13. The Kier molecular flexibility index (Phi) is 1.43. The van der Waals surface area contributed by atoms with Crippen LogP contribution >= 0.6 is 0 Å². The van der Waals surface area contributed by atoms with E-state index in [1.807, 2.05) is 0 Å². The fourth-order valence-corrected chi connectivity index (χ4v) is 1.07. The third kappa shape index (κ3) is 0.910. The van der Waals surface area contributed by atoms with Crippen LogP contribution in [0.5, 0.6) is 0 Å². The zero-order valence-corrected chi connectivity index (χ0v) is 5.60. The van der Waals surface area contributed by atoms with Crippen molar-refractivity contribution in [2.75, 3.05) is 13.6 Å². The van der Waals surface area contributed by atoms with Crippen LogP contribution in [0.15, 0.2) is 0 Å². The largest absolute Gasteiger partial charge is 0.343 e. The van der Waals surface area contributed by atoms with E-state index < -0.39 is 6.17 Å². The van der Waals surface area contributed by atoms with Gasteiger partial charge in [0.25, 0.3) is 5.91 Å². The molecule has 1 rings (SSSR count). The van der Waals surface area contributed by atoms with Gasteiger partial charge in [-0.3, -0.25) is 4.79 Å². The van der Waals surface area contributed by atoms with Crippen molar-refractivity contribution in [3.05, 3.63) is 0 Å². The number of carbonyl (C=O) groups excluding carboxylic acids is 1. The van der Waals surface area contributed by atoms with E-state index in [1.54, 1.807) is 14.0 Å². The van der Waals surface area contributed by atoms with Crippen LogP contribution in [0.4, 0.5) is 4.39 Å². The highest BCUT2D eigenvalue weighted by molar-refractivity contribution is 5.82. The summed E-state index contributed by atoms with van der Waals surface area (Å²) in [6, 6.07) is 0. The summed E-state index contributed by atoms with van der Waals surface area (Å²) >= 11 is 0. The van der Waals surface area contributed by atoms with Gasteiger partial charge in [-0.25, -0.2) is 4.39 Å². The summed E-state index contributed by atoms with van der Waals surface area (Å²) in [5.74, 6) is -0.495. The van der Waals surface area contributed by atoms with Gasteiger partial charge < -0.3 is 4.90 Å². The molecule has 0 aromatic carbocycles. The van der Waals surface area contributed by atoms with Gasteiger partial charge >= 0.3 is 0 Å². The molecule has 1 amide bonds. The van der Waals surface area contributed by atoms with E-state index in [-0.39, 0.29) is 11.8 Å². The molecule has 0 aromatic heterocycles. The molecule has 2 atom stereocenters. The number of amides is 1. The zero-order valence-electron chi connectivity index (χ0n) is 5.60. The van der Waals surface area contributed by atoms with Crippen molar-refractivity contribution < 1.29 is 9.18 Å². The minimum Gasteiger partial charge on any atom is -0.343 e. The van der Waals surface area contributed by atoms with Gasteiger partial charge in [-0.2, -0.15) is 0 Å². The van der Waals surface area contributed by atoms with Crippen LogP contribution in [0, 0.1) is 5.92 Å². The second kappa shape index (κ2) is 1.97. The van der Waals surface area contributed by atoms with Crippen LogP contribution in [-0.2, 0) is 4.79 Å². The van der Waals surface area contributed by atoms with Crippen molar-refractivity contribution in [3.63, 3.8) is 0 Å². The Bertz CT molecular complexity index is 137. The summed E-state index contributed by atoms with van der Waals surface area (Å²) in [4.78, 5) is 12.1. The Labute approximate surface area is 53.6 Å². The lowest BCUT2D eigenvalue weighted by Gasteiger charge is -2.04. The molecule has 9 heavy (non-hydrogen) atoms. The van der Waals surface area contributed by atoms with Crippen molar-refractivity contribution in [2.24, 2.45) is 5.92 Å². The molecular formula is C6H10FNO. The molecule has 3 heteroatoms. The van der Waals surface area contributed by atoms with Crippen LogP contribution in [0.2, 0.25) is 0 Å². The van der Waals surface area contributed by atoms with E-state index in [0.29, 0.717) is 6.54 Å². The molecular weight excluding hydrogens is 121 g/mol. The first-order valence-electron chi connectivity index (χ1n) is 3.02. The smallest absolute Gasteiger partial charge is 0.257 e. The standard InChI is InChI=1S/C6H10FNO/c1-4-3-8(2)6(9)5(4)7/h4-5H,3H2,1-2H3. The Balaban J connectivity index is 2.65.